The number of likely N-dealkylation sites (tertiary alicyclic amines) is 1. The molecule has 0 spiro atoms. The molecule has 0 saturated carbocycles. The molecule has 1 aromatic heterocycles. The summed E-state index contributed by atoms with van der Waals surface area (Å²) in [6, 6.07) is 6.14. The number of rotatable bonds is 4. The maximum atomic E-state index is 12.6. The zero-order valence-electron chi connectivity index (χ0n) is 14.7. The van der Waals surface area contributed by atoms with Crippen molar-refractivity contribution in [2.45, 2.75) is 38.6 Å². The zero-order valence-corrected chi connectivity index (χ0v) is 15.5. The van der Waals surface area contributed by atoms with Crippen LogP contribution in [0.5, 0.6) is 0 Å². The maximum Gasteiger partial charge on any atom is 0.253 e. The second-order valence-electron chi connectivity index (χ2n) is 6.45. The number of nitrogens with one attached hydrogen (secondary N) is 1. The van der Waals surface area contributed by atoms with E-state index >= 15 is 0 Å². The number of carbonyl (C=O) groups is 2. The quantitative estimate of drug-likeness (QED) is 0.885. The Bertz CT molecular complexity index is 799. The minimum absolute atomic E-state index is 0.106. The number of hydrogen-bond acceptors (Lipinski definition) is 5. The average Bonchev–Trinajstić information content (AvgIpc) is 3.08. The van der Waals surface area contributed by atoms with Gasteiger partial charge in [0.25, 0.3) is 5.91 Å². The van der Waals surface area contributed by atoms with Crippen LogP contribution in [0.2, 0.25) is 5.02 Å². The Morgan fingerprint density at radius 3 is 2.62 bits per heavy atom. The van der Waals surface area contributed by atoms with E-state index < -0.39 is 6.04 Å². The van der Waals surface area contributed by atoms with Gasteiger partial charge < -0.3 is 14.7 Å². The van der Waals surface area contributed by atoms with Crippen molar-refractivity contribution in [1.29, 1.82) is 0 Å². The van der Waals surface area contributed by atoms with Crippen LogP contribution >= 0.6 is 11.6 Å². The molecule has 2 heterocycles. The maximum absolute atomic E-state index is 12.6. The lowest BCUT2D eigenvalue weighted by Gasteiger charge is -2.32. The van der Waals surface area contributed by atoms with Gasteiger partial charge in [-0.2, -0.15) is 4.98 Å². The Morgan fingerprint density at radius 1 is 1.31 bits per heavy atom. The highest BCUT2D eigenvalue weighted by Gasteiger charge is 2.30. The number of amides is 2. The Kier molecular flexibility index (Phi) is 5.56. The fourth-order valence-electron chi connectivity index (χ4n) is 3.08. The van der Waals surface area contributed by atoms with Gasteiger partial charge in [0, 0.05) is 19.0 Å². The Balaban J connectivity index is 1.54. The molecule has 1 N–H and O–H groups in total. The lowest BCUT2D eigenvalue weighted by molar-refractivity contribution is -0.134. The Labute approximate surface area is 156 Å². The smallest absolute Gasteiger partial charge is 0.253 e. The topological polar surface area (TPSA) is 88.3 Å². The first-order valence-corrected chi connectivity index (χ1v) is 8.98. The van der Waals surface area contributed by atoms with Gasteiger partial charge in [-0.1, -0.05) is 28.9 Å². The van der Waals surface area contributed by atoms with Gasteiger partial charge >= 0.3 is 0 Å². The highest BCUT2D eigenvalue weighted by molar-refractivity contribution is 6.33. The first-order chi connectivity index (χ1) is 12.5. The van der Waals surface area contributed by atoms with E-state index in [-0.39, 0.29) is 17.7 Å². The van der Waals surface area contributed by atoms with Gasteiger partial charge in [-0.25, -0.2) is 0 Å². The molecule has 1 saturated heterocycles. The van der Waals surface area contributed by atoms with Crippen LogP contribution in [0.3, 0.4) is 0 Å². The van der Waals surface area contributed by atoms with Crippen molar-refractivity contribution >= 4 is 23.4 Å². The van der Waals surface area contributed by atoms with Crippen molar-refractivity contribution in [3.8, 4) is 0 Å². The molecule has 26 heavy (non-hydrogen) atoms. The SMILES string of the molecule is Cc1noc(C2CCN(C(=O)C(C)NC(=O)c3ccccc3Cl)CC2)n1. The molecule has 0 radical (unpaired) electrons. The summed E-state index contributed by atoms with van der Waals surface area (Å²) in [5.41, 5.74) is 0.360. The molecule has 2 amide bonds. The summed E-state index contributed by atoms with van der Waals surface area (Å²) < 4.78 is 5.23. The third-order valence-corrected chi connectivity index (χ3v) is 4.87. The van der Waals surface area contributed by atoms with E-state index in [2.05, 4.69) is 15.5 Å². The van der Waals surface area contributed by atoms with Crippen LogP contribution in [-0.2, 0) is 4.79 Å². The van der Waals surface area contributed by atoms with Crippen LogP contribution in [0, 0.1) is 6.92 Å². The average molecular weight is 377 g/mol. The number of carbonyl (C=O) groups excluding carboxylic acids is 2. The summed E-state index contributed by atoms with van der Waals surface area (Å²) in [6.45, 7) is 4.66. The number of halogens is 1. The van der Waals surface area contributed by atoms with Crippen LogP contribution in [0.4, 0.5) is 0 Å². The largest absolute Gasteiger partial charge is 0.341 e. The summed E-state index contributed by atoms with van der Waals surface area (Å²) in [5.74, 6) is 0.968. The predicted molar refractivity (Wildman–Crippen MR) is 96.0 cm³/mol. The van der Waals surface area contributed by atoms with Crippen molar-refractivity contribution in [1.82, 2.24) is 20.4 Å². The highest BCUT2D eigenvalue weighted by Crippen LogP contribution is 2.27. The lowest BCUT2D eigenvalue weighted by Crippen LogP contribution is -2.49. The summed E-state index contributed by atoms with van der Waals surface area (Å²) in [6.07, 6.45) is 1.52. The lowest BCUT2D eigenvalue weighted by atomic mass is 9.96. The van der Waals surface area contributed by atoms with Crippen LogP contribution in [-0.4, -0.2) is 46.0 Å². The molecular formula is C18H21ClN4O3. The number of piperidine rings is 1. The molecule has 3 rings (SSSR count). The standard InChI is InChI=1S/C18H21ClN4O3/c1-11(20-16(24)14-5-3-4-6-15(14)19)18(25)23-9-7-13(8-10-23)17-21-12(2)22-26-17/h3-6,11,13H,7-10H2,1-2H3,(H,20,24). The minimum atomic E-state index is -0.624. The summed E-state index contributed by atoms with van der Waals surface area (Å²) >= 11 is 6.03. The van der Waals surface area contributed by atoms with Crippen molar-refractivity contribution in [2.75, 3.05) is 13.1 Å². The molecular weight excluding hydrogens is 356 g/mol. The summed E-state index contributed by atoms with van der Waals surface area (Å²) in [5, 5.41) is 6.90. The molecule has 8 heteroatoms. The van der Waals surface area contributed by atoms with E-state index in [9.17, 15) is 9.59 Å². The number of aromatic nitrogens is 2. The van der Waals surface area contributed by atoms with E-state index in [1.54, 1.807) is 43.0 Å². The molecule has 1 unspecified atom stereocenters. The van der Waals surface area contributed by atoms with Gasteiger partial charge in [0.05, 0.1) is 10.6 Å². The third-order valence-electron chi connectivity index (χ3n) is 4.54. The van der Waals surface area contributed by atoms with E-state index in [0.29, 0.717) is 35.4 Å². The second kappa shape index (κ2) is 7.86. The first-order valence-electron chi connectivity index (χ1n) is 8.60. The first kappa shape index (κ1) is 18.4. The second-order valence-corrected chi connectivity index (χ2v) is 6.86. The molecule has 1 aromatic carbocycles. The molecule has 0 aliphatic carbocycles. The Morgan fingerprint density at radius 2 is 2.00 bits per heavy atom. The van der Waals surface area contributed by atoms with E-state index in [0.717, 1.165) is 12.8 Å². The molecule has 7 nitrogen and oxygen atoms in total. The van der Waals surface area contributed by atoms with Crippen LogP contribution < -0.4 is 5.32 Å². The van der Waals surface area contributed by atoms with Gasteiger partial charge in [-0.3, -0.25) is 9.59 Å². The molecule has 1 aliphatic rings. The molecule has 138 valence electrons. The monoisotopic (exact) mass is 376 g/mol. The van der Waals surface area contributed by atoms with Crippen molar-refractivity contribution in [3.63, 3.8) is 0 Å². The van der Waals surface area contributed by atoms with Gasteiger partial charge in [0.15, 0.2) is 5.82 Å². The van der Waals surface area contributed by atoms with Crippen LogP contribution in [0.25, 0.3) is 0 Å². The number of aryl methyl sites for hydroxylation is 1. The van der Waals surface area contributed by atoms with E-state index in [4.69, 9.17) is 16.1 Å². The zero-order chi connectivity index (χ0) is 18.7. The molecule has 1 aliphatic heterocycles. The normalized spacial score (nSPS) is 16.3. The van der Waals surface area contributed by atoms with E-state index in [1.165, 1.54) is 0 Å². The number of benzene rings is 1. The fraction of sp³-hybridized carbons (Fsp3) is 0.444. The summed E-state index contributed by atoms with van der Waals surface area (Å²) in [7, 11) is 0. The van der Waals surface area contributed by atoms with Crippen molar-refractivity contribution in [3.05, 3.63) is 46.6 Å². The Hall–Kier alpha value is -2.41. The van der Waals surface area contributed by atoms with Gasteiger partial charge in [0.2, 0.25) is 11.8 Å². The predicted octanol–water partition coefficient (Wildman–Crippen LogP) is 2.56. The number of hydrogen-bond donors (Lipinski definition) is 1. The van der Waals surface area contributed by atoms with Gasteiger partial charge in [-0.15, -0.1) is 0 Å². The fourth-order valence-corrected chi connectivity index (χ4v) is 3.30. The van der Waals surface area contributed by atoms with Gasteiger partial charge in [-0.05, 0) is 38.8 Å². The van der Waals surface area contributed by atoms with Crippen LogP contribution in [0.1, 0.15) is 47.8 Å². The number of nitrogens with zero attached hydrogens (tertiary/aromatic N) is 3. The molecule has 1 atom stereocenters. The summed E-state index contributed by atoms with van der Waals surface area (Å²) in [4.78, 5) is 31.0. The minimum Gasteiger partial charge on any atom is -0.341 e. The van der Waals surface area contributed by atoms with Gasteiger partial charge in [0.1, 0.15) is 6.04 Å². The molecule has 1 fully saturated rings. The van der Waals surface area contributed by atoms with Crippen molar-refractivity contribution in [2.24, 2.45) is 0 Å². The van der Waals surface area contributed by atoms with Crippen LogP contribution in [0.15, 0.2) is 28.8 Å². The molecule has 0 bridgehead atoms. The van der Waals surface area contributed by atoms with E-state index in [1.807, 2.05) is 0 Å². The molecule has 2 aromatic rings. The highest BCUT2D eigenvalue weighted by atomic mass is 35.5. The van der Waals surface area contributed by atoms with Crippen molar-refractivity contribution < 1.29 is 14.1 Å². The third kappa shape index (κ3) is 4.04.